The first-order chi connectivity index (χ1) is 9.54. The van der Waals surface area contributed by atoms with E-state index >= 15 is 0 Å². The number of aromatic amines is 2. The van der Waals surface area contributed by atoms with Crippen LogP contribution in [0.4, 0.5) is 5.69 Å². The normalized spacial score (nSPS) is 10.0. The standard InChI is InChI=1S/C12H11N3O5/c16-10(17)6-20-8-3-1-7(2-4-8)14-11(18)9-5-13-12(19)15-9/h1-5H,6H2,(H,14,18)(H,16,17)(H2,13,15,19). The van der Waals surface area contributed by atoms with Crippen LogP contribution in [0, 0.1) is 0 Å². The van der Waals surface area contributed by atoms with Crippen LogP contribution in [0.1, 0.15) is 10.5 Å². The fourth-order valence-corrected chi connectivity index (χ4v) is 1.43. The van der Waals surface area contributed by atoms with Gasteiger partial charge in [-0.1, -0.05) is 0 Å². The largest absolute Gasteiger partial charge is 0.482 e. The zero-order valence-electron chi connectivity index (χ0n) is 10.2. The average Bonchev–Trinajstić information content (AvgIpc) is 2.85. The minimum Gasteiger partial charge on any atom is -0.482 e. The van der Waals surface area contributed by atoms with Gasteiger partial charge in [-0.05, 0) is 24.3 Å². The number of hydrogen-bond acceptors (Lipinski definition) is 4. The lowest BCUT2D eigenvalue weighted by Crippen LogP contribution is -2.14. The molecule has 1 aromatic heterocycles. The Hall–Kier alpha value is -3.03. The van der Waals surface area contributed by atoms with Crippen molar-refractivity contribution >= 4 is 17.6 Å². The second-order valence-electron chi connectivity index (χ2n) is 3.82. The van der Waals surface area contributed by atoms with E-state index in [1.807, 2.05) is 0 Å². The molecule has 0 aliphatic rings. The van der Waals surface area contributed by atoms with Crippen molar-refractivity contribution in [1.82, 2.24) is 9.97 Å². The van der Waals surface area contributed by atoms with Crippen LogP contribution in [-0.2, 0) is 4.79 Å². The van der Waals surface area contributed by atoms with Gasteiger partial charge in [0, 0.05) is 11.9 Å². The molecule has 0 bridgehead atoms. The number of H-pyrrole nitrogens is 2. The first-order valence-corrected chi connectivity index (χ1v) is 5.58. The predicted octanol–water partition coefficient (Wildman–Crippen LogP) is 0.419. The van der Waals surface area contributed by atoms with E-state index < -0.39 is 24.2 Å². The van der Waals surface area contributed by atoms with E-state index in [1.165, 1.54) is 18.3 Å². The summed E-state index contributed by atoms with van der Waals surface area (Å²) in [6.07, 6.45) is 1.27. The monoisotopic (exact) mass is 277 g/mol. The molecule has 0 fully saturated rings. The van der Waals surface area contributed by atoms with Crippen LogP contribution in [-0.4, -0.2) is 33.6 Å². The number of aromatic nitrogens is 2. The Morgan fingerprint density at radius 1 is 1.25 bits per heavy atom. The van der Waals surface area contributed by atoms with Crippen LogP contribution < -0.4 is 15.7 Å². The van der Waals surface area contributed by atoms with Gasteiger partial charge in [-0.2, -0.15) is 0 Å². The van der Waals surface area contributed by atoms with Crippen LogP contribution >= 0.6 is 0 Å². The highest BCUT2D eigenvalue weighted by Gasteiger charge is 2.08. The summed E-state index contributed by atoms with van der Waals surface area (Å²) in [5, 5.41) is 11.0. The van der Waals surface area contributed by atoms with Crippen molar-refractivity contribution in [3.8, 4) is 5.75 Å². The highest BCUT2D eigenvalue weighted by molar-refractivity contribution is 6.02. The Morgan fingerprint density at radius 2 is 1.95 bits per heavy atom. The molecule has 1 aromatic carbocycles. The summed E-state index contributed by atoms with van der Waals surface area (Å²) in [5.41, 5.74) is 0.133. The quantitative estimate of drug-likeness (QED) is 0.630. The summed E-state index contributed by atoms with van der Waals surface area (Å²) < 4.78 is 4.95. The van der Waals surface area contributed by atoms with E-state index in [2.05, 4.69) is 15.3 Å². The second-order valence-corrected chi connectivity index (χ2v) is 3.82. The Balaban J connectivity index is 1.98. The van der Waals surface area contributed by atoms with Crippen molar-refractivity contribution in [2.75, 3.05) is 11.9 Å². The number of anilines is 1. The molecule has 0 radical (unpaired) electrons. The lowest BCUT2D eigenvalue weighted by molar-refractivity contribution is -0.139. The summed E-state index contributed by atoms with van der Waals surface area (Å²) in [6.45, 7) is -0.434. The fourth-order valence-electron chi connectivity index (χ4n) is 1.43. The zero-order valence-corrected chi connectivity index (χ0v) is 10.2. The van der Waals surface area contributed by atoms with Gasteiger partial charge in [0.15, 0.2) is 6.61 Å². The number of carbonyl (C=O) groups is 2. The molecule has 20 heavy (non-hydrogen) atoms. The maximum Gasteiger partial charge on any atom is 0.341 e. The maximum absolute atomic E-state index is 11.7. The van der Waals surface area contributed by atoms with Crippen LogP contribution in [0.15, 0.2) is 35.3 Å². The van der Waals surface area contributed by atoms with Gasteiger partial charge in [0.2, 0.25) is 0 Å². The third kappa shape index (κ3) is 3.48. The number of carboxylic acids is 1. The smallest absolute Gasteiger partial charge is 0.341 e. The molecular weight excluding hydrogens is 266 g/mol. The first kappa shape index (κ1) is 13.4. The number of ether oxygens (including phenoxy) is 1. The Labute approximate surface area is 112 Å². The number of hydrogen-bond donors (Lipinski definition) is 4. The van der Waals surface area contributed by atoms with Crippen molar-refractivity contribution in [3.05, 3.63) is 46.6 Å². The molecule has 0 spiro atoms. The van der Waals surface area contributed by atoms with Crippen molar-refractivity contribution in [3.63, 3.8) is 0 Å². The molecular formula is C12H11N3O5. The molecule has 8 heteroatoms. The maximum atomic E-state index is 11.7. The molecule has 1 amide bonds. The lowest BCUT2D eigenvalue weighted by Gasteiger charge is -2.06. The molecule has 0 saturated carbocycles. The number of imidazole rings is 1. The molecule has 0 aliphatic heterocycles. The van der Waals surface area contributed by atoms with Gasteiger partial charge in [-0.25, -0.2) is 9.59 Å². The first-order valence-electron chi connectivity index (χ1n) is 5.58. The van der Waals surface area contributed by atoms with Gasteiger partial charge < -0.3 is 25.1 Å². The molecule has 104 valence electrons. The van der Waals surface area contributed by atoms with E-state index in [9.17, 15) is 14.4 Å². The van der Waals surface area contributed by atoms with E-state index in [4.69, 9.17) is 9.84 Å². The molecule has 0 saturated heterocycles. The van der Waals surface area contributed by atoms with E-state index in [0.717, 1.165) is 0 Å². The number of carbonyl (C=O) groups excluding carboxylic acids is 1. The molecule has 0 aliphatic carbocycles. The molecule has 2 aromatic rings. The Kier molecular flexibility index (Phi) is 3.85. The highest BCUT2D eigenvalue weighted by Crippen LogP contribution is 2.16. The number of aliphatic carboxylic acids is 1. The van der Waals surface area contributed by atoms with Crippen molar-refractivity contribution in [2.45, 2.75) is 0 Å². The molecule has 1 heterocycles. The SMILES string of the molecule is O=C(O)COc1ccc(NC(=O)c2c[nH]c(=O)[nH]2)cc1. The molecule has 0 unspecified atom stereocenters. The minimum atomic E-state index is -1.07. The number of benzene rings is 1. The zero-order chi connectivity index (χ0) is 14.5. The topological polar surface area (TPSA) is 124 Å². The third-order valence-corrected chi connectivity index (χ3v) is 2.31. The van der Waals surface area contributed by atoms with Crippen molar-refractivity contribution in [1.29, 1.82) is 0 Å². The molecule has 4 N–H and O–H groups in total. The average molecular weight is 277 g/mol. The van der Waals surface area contributed by atoms with Gasteiger partial charge >= 0.3 is 11.7 Å². The highest BCUT2D eigenvalue weighted by atomic mass is 16.5. The molecule has 0 atom stereocenters. The number of amides is 1. The van der Waals surface area contributed by atoms with Gasteiger partial charge in [-0.3, -0.25) is 4.79 Å². The van der Waals surface area contributed by atoms with E-state index in [0.29, 0.717) is 11.4 Å². The summed E-state index contributed by atoms with van der Waals surface area (Å²) >= 11 is 0. The van der Waals surface area contributed by atoms with Crippen LogP contribution in [0.2, 0.25) is 0 Å². The number of rotatable bonds is 5. The van der Waals surface area contributed by atoms with Crippen LogP contribution in [0.5, 0.6) is 5.75 Å². The summed E-state index contributed by atoms with van der Waals surface area (Å²) in [4.78, 5) is 37.6. The van der Waals surface area contributed by atoms with Gasteiger partial charge in [0.05, 0.1) is 0 Å². The molecule has 2 rings (SSSR count). The van der Waals surface area contributed by atoms with Crippen LogP contribution in [0.3, 0.4) is 0 Å². The summed E-state index contributed by atoms with van der Waals surface area (Å²) in [7, 11) is 0. The van der Waals surface area contributed by atoms with Gasteiger partial charge in [0.25, 0.3) is 5.91 Å². The van der Waals surface area contributed by atoms with Gasteiger partial charge in [0.1, 0.15) is 11.4 Å². The number of nitrogens with one attached hydrogen (secondary N) is 3. The van der Waals surface area contributed by atoms with E-state index in [-0.39, 0.29) is 5.69 Å². The number of carboxylic acid groups (broad SMARTS) is 1. The third-order valence-electron chi connectivity index (χ3n) is 2.31. The van der Waals surface area contributed by atoms with Crippen molar-refractivity contribution < 1.29 is 19.4 Å². The molecule has 8 nitrogen and oxygen atoms in total. The van der Waals surface area contributed by atoms with E-state index in [1.54, 1.807) is 12.1 Å². The van der Waals surface area contributed by atoms with Crippen LogP contribution in [0.25, 0.3) is 0 Å². The summed E-state index contributed by atoms with van der Waals surface area (Å²) in [6, 6.07) is 6.16. The lowest BCUT2D eigenvalue weighted by atomic mass is 10.3. The Morgan fingerprint density at radius 3 is 2.50 bits per heavy atom. The summed E-state index contributed by atoms with van der Waals surface area (Å²) in [5.74, 6) is -1.17. The predicted molar refractivity (Wildman–Crippen MR) is 68.9 cm³/mol. The second kappa shape index (κ2) is 5.74. The van der Waals surface area contributed by atoms with Crippen molar-refractivity contribution in [2.24, 2.45) is 0 Å². The fraction of sp³-hybridized carbons (Fsp3) is 0.0833. The van der Waals surface area contributed by atoms with Gasteiger partial charge in [-0.15, -0.1) is 0 Å². The Bertz CT molecular complexity index is 671. The minimum absolute atomic E-state index is 0.112.